The average Bonchev–Trinajstić information content (AvgIpc) is 2.53. The SMILES string of the molecule is CC(=O)N(CCNS(=O)(=O)c1ccc(C)cc1C)c1ccc(F)c(Cl)c1. The van der Waals surface area contributed by atoms with Gasteiger partial charge in [0.25, 0.3) is 0 Å². The number of sulfonamides is 1. The van der Waals surface area contributed by atoms with Crippen molar-refractivity contribution < 1.29 is 17.6 Å². The van der Waals surface area contributed by atoms with Crippen LogP contribution >= 0.6 is 11.6 Å². The van der Waals surface area contributed by atoms with Crippen molar-refractivity contribution in [2.75, 3.05) is 18.0 Å². The highest BCUT2D eigenvalue weighted by Gasteiger charge is 2.18. The molecular formula is C18H20ClFN2O3S. The van der Waals surface area contributed by atoms with E-state index in [-0.39, 0.29) is 28.9 Å². The zero-order valence-corrected chi connectivity index (χ0v) is 16.3. The van der Waals surface area contributed by atoms with Gasteiger partial charge >= 0.3 is 0 Å². The third-order valence-corrected chi connectivity index (χ3v) is 5.75. The summed E-state index contributed by atoms with van der Waals surface area (Å²) in [6.07, 6.45) is 0. The van der Waals surface area contributed by atoms with Crippen molar-refractivity contribution in [3.8, 4) is 0 Å². The highest BCUT2D eigenvalue weighted by Crippen LogP contribution is 2.23. The predicted molar refractivity (Wildman–Crippen MR) is 101 cm³/mol. The Morgan fingerprint density at radius 3 is 2.46 bits per heavy atom. The number of halogens is 2. The lowest BCUT2D eigenvalue weighted by Crippen LogP contribution is -2.37. The van der Waals surface area contributed by atoms with Gasteiger partial charge < -0.3 is 4.90 Å². The van der Waals surface area contributed by atoms with Crippen LogP contribution in [0.4, 0.5) is 10.1 Å². The molecule has 1 amide bonds. The van der Waals surface area contributed by atoms with E-state index in [0.717, 1.165) is 11.6 Å². The normalized spacial score (nSPS) is 11.4. The molecule has 0 radical (unpaired) electrons. The van der Waals surface area contributed by atoms with Crippen molar-refractivity contribution >= 4 is 33.2 Å². The lowest BCUT2D eigenvalue weighted by atomic mass is 10.2. The van der Waals surface area contributed by atoms with E-state index in [0.29, 0.717) is 11.3 Å². The van der Waals surface area contributed by atoms with Crippen molar-refractivity contribution in [1.29, 1.82) is 0 Å². The van der Waals surface area contributed by atoms with Crippen LogP contribution in [0, 0.1) is 19.7 Å². The van der Waals surface area contributed by atoms with Gasteiger partial charge in [-0.25, -0.2) is 17.5 Å². The maximum Gasteiger partial charge on any atom is 0.240 e. The van der Waals surface area contributed by atoms with Gasteiger partial charge in [-0.1, -0.05) is 29.3 Å². The van der Waals surface area contributed by atoms with E-state index < -0.39 is 15.8 Å². The van der Waals surface area contributed by atoms with Crippen LogP contribution in [0.2, 0.25) is 5.02 Å². The zero-order chi connectivity index (χ0) is 19.5. The lowest BCUT2D eigenvalue weighted by molar-refractivity contribution is -0.116. The highest BCUT2D eigenvalue weighted by atomic mass is 35.5. The molecule has 2 aromatic carbocycles. The summed E-state index contributed by atoms with van der Waals surface area (Å²) in [5, 5.41) is -0.107. The molecule has 0 fully saturated rings. The first-order chi connectivity index (χ1) is 12.1. The number of nitrogens with zero attached hydrogens (tertiary/aromatic N) is 1. The van der Waals surface area contributed by atoms with Crippen LogP contribution in [0.15, 0.2) is 41.3 Å². The number of rotatable bonds is 6. The van der Waals surface area contributed by atoms with Crippen LogP contribution in [0.1, 0.15) is 18.1 Å². The largest absolute Gasteiger partial charge is 0.311 e. The number of nitrogens with one attached hydrogen (secondary N) is 1. The molecule has 0 unspecified atom stereocenters. The van der Waals surface area contributed by atoms with Crippen LogP contribution < -0.4 is 9.62 Å². The molecule has 0 heterocycles. The van der Waals surface area contributed by atoms with Gasteiger partial charge in [0.15, 0.2) is 0 Å². The second-order valence-electron chi connectivity index (χ2n) is 5.94. The standard InChI is InChI=1S/C18H20ClFN2O3S/c1-12-4-7-18(13(2)10-12)26(24,25)21-8-9-22(14(3)23)15-5-6-17(20)16(19)11-15/h4-7,10-11,21H,8-9H2,1-3H3. The van der Waals surface area contributed by atoms with Crippen molar-refractivity contribution in [3.63, 3.8) is 0 Å². The maximum atomic E-state index is 13.3. The number of hydrogen-bond acceptors (Lipinski definition) is 3. The molecule has 0 spiro atoms. The van der Waals surface area contributed by atoms with E-state index >= 15 is 0 Å². The second-order valence-corrected chi connectivity index (χ2v) is 8.08. The van der Waals surface area contributed by atoms with Gasteiger partial charge in [-0.05, 0) is 43.7 Å². The third-order valence-electron chi connectivity index (χ3n) is 3.84. The third kappa shape index (κ3) is 4.81. The molecule has 0 saturated heterocycles. The molecule has 0 aromatic heterocycles. The summed E-state index contributed by atoms with van der Waals surface area (Å²) in [5.41, 5.74) is 2.01. The predicted octanol–water partition coefficient (Wildman–Crippen LogP) is 3.43. The second kappa shape index (κ2) is 8.16. The maximum absolute atomic E-state index is 13.3. The van der Waals surface area contributed by atoms with Crippen LogP contribution in [0.3, 0.4) is 0 Å². The van der Waals surface area contributed by atoms with Gasteiger partial charge in [-0.2, -0.15) is 0 Å². The quantitative estimate of drug-likeness (QED) is 0.810. The van der Waals surface area contributed by atoms with Crippen LogP contribution in [-0.2, 0) is 14.8 Å². The minimum absolute atomic E-state index is 0.00419. The van der Waals surface area contributed by atoms with Gasteiger partial charge in [0.1, 0.15) is 5.82 Å². The molecule has 0 bridgehead atoms. The summed E-state index contributed by atoms with van der Waals surface area (Å²) in [4.78, 5) is 13.4. The van der Waals surface area contributed by atoms with E-state index in [2.05, 4.69) is 4.72 Å². The van der Waals surface area contributed by atoms with Crippen molar-refractivity contribution in [2.45, 2.75) is 25.7 Å². The topological polar surface area (TPSA) is 66.5 Å². The summed E-state index contributed by atoms with van der Waals surface area (Å²) in [5.74, 6) is -0.896. The Bertz CT molecular complexity index is 932. The number of carbonyl (C=O) groups is 1. The van der Waals surface area contributed by atoms with Crippen LogP contribution in [0.5, 0.6) is 0 Å². The Labute approximate surface area is 157 Å². The molecule has 8 heteroatoms. The Kier molecular flexibility index (Phi) is 6.39. The molecule has 2 rings (SSSR count). The molecule has 140 valence electrons. The first-order valence-corrected chi connectivity index (χ1v) is 9.78. The summed E-state index contributed by atoms with van der Waals surface area (Å²) < 4.78 is 40.7. The number of aryl methyl sites for hydroxylation is 2. The number of benzene rings is 2. The lowest BCUT2D eigenvalue weighted by Gasteiger charge is -2.22. The number of anilines is 1. The molecule has 0 aliphatic heterocycles. The molecule has 0 aliphatic rings. The molecule has 2 aromatic rings. The van der Waals surface area contributed by atoms with Gasteiger partial charge in [0.05, 0.1) is 9.92 Å². The van der Waals surface area contributed by atoms with E-state index in [1.54, 1.807) is 25.1 Å². The number of carbonyl (C=O) groups excluding carboxylic acids is 1. The molecule has 0 aliphatic carbocycles. The molecule has 0 saturated carbocycles. The zero-order valence-electron chi connectivity index (χ0n) is 14.7. The summed E-state index contributed by atoms with van der Waals surface area (Å²) in [6.45, 7) is 5.04. The first kappa shape index (κ1) is 20.4. The number of amides is 1. The molecule has 0 atom stereocenters. The summed E-state index contributed by atoms with van der Waals surface area (Å²) in [6, 6.07) is 8.97. The van der Waals surface area contributed by atoms with Crippen molar-refractivity contribution in [1.82, 2.24) is 4.72 Å². The molecular weight excluding hydrogens is 379 g/mol. The fourth-order valence-corrected chi connectivity index (χ4v) is 4.01. The van der Waals surface area contributed by atoms with E-state index in [9.17, 15) is 17.6 Å². The highest BCUT2D eigenvalue weighted by molar-refractivity contribution is 7.89. The fourth-order valence-electron chi connectivity index (χ4n) is 2.59. The van der Waals surface area contributed by atoms with E-state index in [1.165, 1.54) is 24.0 Å². The van der Waals surface area contributed by atoms with E-state index in [1.807, 2.05) is 6.92 Å². The monoisotopic (exact) mass is 398 g/mol. The van der Waals surface area contributed by atoms with Crippen LogP contribution in [0.25, 0.3) is 0 Å². The van der Waals surface area contributed by atoms with Gasteiger partial charge in [0, 0.05) is 25.7 Å². The Balaban J connectivity index is 2.12. The Hall–Kier alpha value is -1.96. The minimum Gasteiger partial charge on any atom is -0.311 e. The van der Waals surface area contributed by atoms with E-state index in [4.69, 9.17) is 11.6 Å². The Morgan fingerprint density at radius 2 is 1.88 bits per heavy atom. The average molecular weight is 399 g/mol. The van der Waals surface area contributed by atoms with Gasteiger partial charge in [-0.15, -0.1) is 0 Å². The fraction of sp³-hybridized carbons (Fsp3) is 0.278. The minimum atomic E-state index is -3.70. The van der Waals surface area contributed by atoms with Gasteiger partial charge in [0.2, 0.25) is 15.9 Å². The van der Waals surface area contributed by atoms with Crippen molar-refractivity contribution in [3.05, 3.63) is 58.4 Å². The molecule has 1 N–H and O–H groups in total. The van der Waals surface area contributed by atoms with Crippen LogP contribution in [-0.4, -0.2) is 27.4 Å². The van der Waals surface area contributed by atoms with Crippen molar-refractivity contribution in [2.24, 2.45) is 0 Å². The summed E-state index contributed by atoms with van der Waals surface area (Å²) in [7, 11) is -3.70. The molecule has 26 heavy (non-hydrogen) atoms. The smallest absolute Gasteiger partial charge is 0.240 e. The molecule has 5 nitrogen and oxygen atoms in total. The Morgan fingerprint density at radius 1 is 1.19 bits per heavy atom. The number of hydrogen-bond donors (Lipinski definition) is 1. The van der Waals surface area contributed by atoms with Gasteiger partial charge in [-0.3, -0.25) is 4.79 Å². The summed E-state index contributed by atoms with van der Waals surface area (Å²) >= 11 is 5.75. The first-order valence-electron chi connectivity index (χ1n) is 7.92.